The van der Waals surface area contributed by atoms with Crippen molar-refractivity contribution in [3.8, 4) is 6.07 Å². The van der Waals surface area contributed by atoms with Gasteiger partial charge >= 0.3 is 0 Å². The van der Waals surface area contributed by atoms with Gasteiger partial charge in [0.25, 0.3) is 0 Å². The number of nitrogens with one attached hydrogen (secondary N) is 2. The van der Waals surface area contributed by atoms with Crippen molar-refractivity contribution in [1.29, 1.82) is 5.26 Å². The van der Waals surface area contributed by atoms with Gasteiger partial charge in [0.05, 0.1) is 6.20 Å². The molecule has 162 valence electrons. The van der Waals surface area contributed by atoms with E-state index < -0.39 is 0 Å². The molecule has 6 nitrogen and oxygen atoms in total. The van der Waals surface area contributed by atoms with Crippen LogP contribution in [0.5, 0.6) is 0 Å². The lowest BCUT2D eigenvalue weighted by Gasteiger charge is -2.59. The molecule has 1 aromatic heterocycles. The first-order chi connectivity index (χ1) is 15.0. The Morgan fingerprint density at radius 3 is 2.74 bits per heavy atom. The molecule has 4 N–H and O–H groups in total. The summed E-state index contributed by atoms with van der Waals surface area (Å²) in [6.45, 7) is 1.55. The van der Waals surface area contributed by atoms with Gasteiger partial charge in [-0.3, -0.25) is 0 Å². The van der Waals surface area contributed by atoms with E-state index in [1.807, 2.05) is 18.2 Å². The molecule has 0 spiro atoms. The molecule has 0 amide bonds. The van der Waals surface area contributed by atoms with Crippen LogP contribution in [-0.4, -0.2) is 29.1 Å². The van der Waals surface area contributed by atoms with Crippen LogP contribution in [0.3, 0.4) is 0 Å². The van der Waals surface area contributed by atoms with E-state index >= 15 is 0 Å². The zero-order valence-electron chi connectivity index (χ0n) is 17.6. The summed E-state index contributed by atoms with van der Waals surface area (Å²) in [4.78, 5) is 8.93. The van der Waals surface area contributed by atoms with Crippen LogP contribution in [0, 0.1) is 34.5 Å². The monoisotopic (exact) mass is 436 g/mol. The van der Waals surface area contributed by atoms with Crippen LogP contribution in [0.1, 0.15) is 43.2 Å². The lowest BCUT2D eigenvalue weighted by molar-refractivity contribution is -0.0591. The molecule has 6 rings (SSSR count). The quantitative estimate of drug-likeness (QED) is 0.600. The van der Waals surface area contributed by atoms with Gasteiger partial charge in [0, 0.05) is 24.2 Å². The molecule has 7 heteroatoms. The first kappa shape index (κ1) is 20.5. The molecule has 2 aromatic rings. The minimum Gasteiger partial charge on any atom is -0.368 e. The van der Waals surface area contributed by atoms with Gasteiger partial charge in [-0.25, -0.2) is 4.98 Å². The molecule has 1 heterocycles. The molecule has 4 saturated carbocycles. The molecule has 5 atom stereocenters. The molecule has 4 fully saturated rings. The Bertz CT molecular complexity index is 986. The summed E-state index contributed by atoms with van der Waals surface area (Å²) in [7, 11) is 0. The molecule has 4 aliphatic carbocycles. The maximum atomic E-state index is 9.54. The third kappa shape index (κ3) is 4.22. The summed E-state index contributed by atoms with van der Waals surface area (Å²) in [6.07, 6.45) is 8.70. The Hall–Kier alpha value is -2.36. The van der Waals surface area contributed by atoms with Crippen molar-refractivity contribution >= 4 is 23.4 Å². The second-order valence-corrected chi connectivity index (χ2v) is 10.2. The van der Waals surface area contributed by atoms with Gasteiger partial charge in [0.2, 0.25) is 5.95 Å². The second-order valence-electron chi connectivity index (χ2n) is 9.78. The van der Waals surface area contributed by atoms with Crippen molar-refractivity contribution in [2.75, 3.05) is 23.7 Å². The summed E-state index contributed by atoms with van der Waals surface area (Å²) in [6, 6.07) is 10.5. The molecule has 1 aromatic carbocycles. The molecule has 0 radical (unpaired) electrons. The van der Waals surface area contributed by atoms with Crippen molar-refractivity contribution in [1.82, 2.24) is 9.97 Å². The van der Waals surface area contributed by atoms with Crippen LogP contribution in [0.15, 0.2) is 30.5 Å². The van der Waals surface area contributed by atoms with E-state index in [4.69, 9.17) is 17.3 Å². The van der Waals surface area contributed by atoms with E-state index in [0.29, 0.717) is 47.2 Å². The van der Waals surface area contributed by atoms with E-state index in [9.17, 15) is 5.26 Å². The number of hydrogen-bond donors (Lipinski definition) is 3. The number of hydrogen-bond acceptors (Lipinski definition) is 6. The third-order valence-corrected chi connectivity index (χ3v) is 7.83. The topological polar surface area (TPSA) is 99.6 Å². The van der Waals surface area contributed by atoms with Gasteiger partial charge in [-0.05, 0) is 79.4 Å². The van der Waals surface area contributed by atoms with E-state index in [0.717, 1.165) is 29.5 Å². The van der Waals surface area contributed by atoms with Gasteiger partial charge in [0.1, 0.15) is 17.5 Å². The van der Waals surface area contributed by atoms with E-state index in [-0.39, 0.29) is 0 Å². The number of nitrogens with two attached hydrogens (primary N) is 1. The fraction of sp³-hybridized carbons (Fsp3) is 0.542. The fourth-order valence-corrected chi connectivity index (χ4v) is 6.63. The van der Waals surface area contributed by atoms with Gasteiger partial charge in [0.15, 0.2) is 0 Å². The van der Waals surface area contributed by atoms with Crippen molar-refractivity contribution in [2.24, 2.45) is 28.9 Å². The zero-order valence-corrected chi connectivity index (χ0v) is 18.4. The minimum absolute atomic E-state index is 0.296. The van der Waals surface area contributed by atoms with Crippen LogP contribution in [-0.2, 0) is 6.42 Å². The van der Waals surface area contributed by atoms with Crippen molar-refractivity contribution < 1.29 is 0 Å². The van der Waals surface area contributed by atoms with E-state index in [1.165, 1.54) is 32.1 Å². The number of rotatable bonds is 7. The van der Waals surface area contributed by atoms with Gasteiger partial charge < -0.3 is 16.4 Å². The summed E-state index contributed by atoms with van der Waals surface area (Å²) < 4.78 is 0. The summed E-state index contributed by atoms with van der Waals surface area (Å²) in [5.74, 6) is 3.32. The molecular formula is C24H29ClN6. The fourth-order valence-electron chi connectivity index (χ4n) is 6.41. The maximum absolute atomic E-state index is 9.54. The molecule has 0 aliphatic heterocycles. The van der Waals surface area contributed by atoms with Crippen LogP contribution < -0.4 is 16.4 Å². The maximum Gasteiger partial charge on any atom is 0.224 e. The molecule has 1 unspecified atom stereocenters. The lowest BCUT2D eigenvalue weighted by atomic mass is 9.48. The molecule has 4 aliphatic rings. The van der Waals surface area contributed by atoms with Gasteiger partial charge in [-0.2, -0.15) is 10.2 Å². The predicted molar refractivity (Wildman–Crippen MR) is 123 cm³/mol. The number of nitriles is 1. The van der Waals surface area contributed by atoms with E-state index in [1.54, 1.807) is 6.20 Å². The van der Waals surface area contributed by atoms with Gasteiger partial charge in [-0.15, -0.1) is 0 Å². The van der Waals surface area contributed by atoms with Crippen molar-refractivity contribution in [2.45, 2.75) is 44.6 Å². The number of nitrogens with zero attached hydrogens (tertiary/aromatic N) is 3. The summed E-state index contributed by atoms with van der Waals surface area (Å²) in [5, 5.41) is 17.1. The highest BCUT2D eigenvalue weighted by Crippen LogP contribution is 2.59. The summed E-state index contributed by atoms with van der Waals surface area (Å²) >= 11 is 6.06. The first-order valence-electron chi connectivity index (χ1n) is 11.3. The normalized spacial score (nSPS) is 30.7. The molecule has 4 bridgehead atoms. The van der Waals surface area contributed by atoms with Crippen molar-refractivity contribution in [3.63, 3.8) is 0 Å². The largest absolute Gasteiger partial charge is 0.368 e. The zero-order chi connectivity index (χ0) is 21.4. The summed E-state index contributed by atoms with van der Waals surface area (Å²) in [5.41, 5.74) is 8.44. The van der Waals surface area contributed by atoms with Crippen LogP contribution in [0.25, 0.3) is 0 Å². The smallest absolute Gasteiger partial charge is 0.224 e. The number of aromatic nitrogens is 2. The second kappa shape index (κ2) is 8.29. The highest BCUT2D eigenvalue weighted by Gasteiger charge is 2.54. The number of halogens is 1. The van der Waals surface area contributed by atoms with Crippen LogP contribution >= 0.6 is 11.6 Å². The Morgan fingerprint density at radius 1 is 1.19 bits per heavy atom. The highest BCUT2D eigenvalue weighted by molar-refractivity contribution is 6.30. The third-order valence-electron chi connectivity index (χ3n) is 7.60. The standard InChI is InChI=1S/C24H29ClN6/c25-20-3-1-2-15(8-20)4-5-28-23-29-13-19(12-26)22(31-23)30-14-24-9-16-6-17(10-24)21(27)18(7-16)11-24/h1-3,8,13,16-18,21H,4-7,9-11,14,27H2,(H2,28,29,30,31)/t16?,17-,18+,21-,24-. The number of anilines is 2. The average molecular weight is 437 g/mol. The Balaban J connectivity index is 1.23. The number of benzene rings is 1. The predicted octanol–water partition coefficient (Wildman–Crippen LogP) is 4.22. The van der Waals surface area contributed by atoms with E-state index in [2.05, 4.69) is 32.7 Å². The minimum atomic E-state index is 0.296. The first-order valence-corrected chi connectivity index (χ1v) is 11.7. The Morgan fingerprint density at radius 2 is 2.00 bits per heavy atom. The Labute approximate surface area is 188 Å². The SMILES string of the molecule is N#Cc1cnc(NCCc2cccc(Cl)c2)nc1NC[C@]12CC3C[C@H](C1)[C@@H](N)[C@@H](C3)C2. The highest BCUT2D eigenvalue weighted by atomic mass is 35.5. The molecular weight excluding hydrogens is 408 g/mol. The van der Waals surface area contributed by atoms with Crippen LogP contribution in [0.4, 0.5) is 11.8 Å². The molecule has 0 saturated heterocycles. The Kier molecular flexibility index (Phi) is 5.49. The van der Waals surface area contributed by atoms with Gasteiger partial charge in [-0.1, -0.05) is 23.7 Å². The lowest BCUT2D eigenvalue weighted by Crippen LogP contribution is -2.58. The average Bonchev–Trinajstić information content (AvgIpc) is 2.76. The molecule has 31 heavy (non-hydrogen) atoms. The van der Waals surface area contributed by atoms with Crippen LogP contribution in [0.2, 0.25) is 5.02 Å². The van der Waals surface area contributed by atoms with Crippen molar-refractivity contribution in [3.05, 3.63) is 46.6 Å².